The molecule has 1 aromatic carbocycles. The summed E-state index contributed by atoms with van der Waals surface area (Å²) in [6, 6.07) is 6.50. The molecule has 0 bridgehead atoms. The lowest BCUT2D eigenvalue weighted by Gasteiger charge is -2.18. The van der Waals surface area contributed by atoms with Gasteiger partial charge in [-0.2, -0.15) is 0 Å². The Hall–Kier alpha value is -1.06. The number of methoxy groups -OCH3 is 1. The van der Waals surface area contributed by atoms with Crippen LogP contribution < -0.4 is 10.1 Å². The molecule has 0 aromatic heterocycles. The van der Waals surface area contributed by atoms with Gasteiger partial charge in [-0.25, -0.2) is 0 Å². The molecule has 1 atom stereocenters. The molecule has 1 rings (SSSR count). The second kappa shape index (κ2) is 6.62. The van der Waals surface area contributed by atoms with Crippen molar-refractivity contribution in [2.75, 3.05) is 20.8 Å². The molecule has 17 heavy (non-hydrogen) atoms. The summed E-state index contributed by atoms with van der Waals surface area (Å²) < 4.78 is 10.9. The van der Waals surface area contributed by atoms with Crippen LogP contribution in [0.25, 0.3) is 0 Å². The number of ether oxygens (including phenoxy) is 2. The van der Waals surface area contributed by atoms with Crippen LogP contribution in [0.4, 0.5) is 0 Å². The van der Waals surface area contributed by atoms with Crippen molar-refractivity contribution < 1.29 is 9.47 Å². The molecule has 3 nitrogen and oxygen atoms in total. The minimum absolute atomic E-state index is 0.207. The van der Waals surface area contributed by atoms with E-state index in [1.54, 1.807) is 7.11 Å². The van der Waals surface area contributed by atoms with Crippen LogP contribution in [-0.2, 0) is 4.74 Å². The van der Waals surface area contributed by atoms with Crippen molar-refractivity contribution in [3.63, 3.8) is 0 Å². The Kier molecular flexibility index (Phi) is 5.45. The Morgan fingerprint density at radius 2 is 2.00 bits per heavy atom. The number of benzene rings is 1. The monoisotopic (exact) mass is 237 g/mol. The first-order chi connectivity index (χ1) is 8.08. The van der Waals surface area contributed by atoms with Gasteiger partial charge in [0.1, 0.15) is 5.75 Å². The van der Waals surface area contributed by atoms with Gasteiger partial charge in [-0.1, -0.05) is 12.1 Å². The largest absolute Gasteiger partial charge is 0.491 e. The molecule has 3 heteroatoms. The van der Waals surface area contributed by atoms with Crippen LogP contribution in [0.15, 0.2) is 18.2 Å². The van der Waals surface area contributed by atoms with Gasteiger partial charge in [-0.15, -0.1) is 0 Å². The lowest BCUT2D eigenvalue weighted by atomic mass is 10.0. The van der Waals surface area contributed by atoms with E-state index in [-0.39, 0.29) is 12.1 Å². The van der Waals surface area contributed by atoms with Crippen molar-refractivity contribution >= 4 is 0 Å². The maximum atomic E-state index is 5.72. The summed E-state index contributed by atoms with van der Waals surface area (Å²) in [5.74, 6) is 0.955. The van der Waals surface area contributed by atoms with E-state index in [2.05, 4.69) is 24.4 Å². The SMILES string of the molecule is CNC(COC)c1ccc(OC(C)C)c(C)c1. The minimum atomic E-state index is 0.207. The summed E-state index contributed by atoms with van der Waals surface area (Å²) in [5, 5.41) is 3.24. The van der Waals surface area contributed by atoms with E-state index in [0.29, 0.717) is 6.61 Å². The average Bonchev–Trinajstić information content (AvgIpc) is 2.28. The fraction of sp³-hybridized carbons (Fsp3) is 0.571. The number of hydrogen-bond acceptors (Lipinski definition) is 3. The molecule has 0 aliphatic rings. The van der Waals surface area contributed by atoms with Crippen molar-refractivity contribution in [3.05, 3.63) is 29.3 Å². The van der Waals surface area contributed by atoms with Gasteiger partial charge in [0.05, 0.1) is 18.8 Å². The van der Waals surface area contributed by atoms with Gasteiger partial charge >= 0.3 is 0 Å². The highest BCUT2D eigenvalue weighted by Gasteiger charge is 2.11. The number of likely N-dealkylation sites (N-methyl/N-ethyl adjacent to an activating group) is 1. The van der Waals surface area contributed by atoms with Gasteiger partial charge in [-0.05, 0) is 45.0 Å². The van der Waals surface area contributed by atoms with Gasteiger partial charge in [0.15, 0.2) is 0 Å². The second-order valence-electron chi connectivity index (χ2n) is 4.49. The van der Waals surface area contributed by atoms with Gasteiger partial charge in [0, 0.05) is 7.11 Å². The van der Waals surface area contributed by atoms with Crippen LogP contribution >= 0.6 is 0 Å². The van der Waals surface area contributed by atoms with E-state index in [4.69, 9.17) is 9.47 Å². The molecule has 1 aromatic rings. The first-order valence-corrected chi connectivity index (χ1v) is 6.02. The third-order valence-corrected chi connectivity index (χ3v) is 2.65. The Morgan fingerprint density at radius 1 is 1.29 bits per heavy atom. The van der Waals surface area contributed by atoms with Crippen LogP contribution in [-0.4, -0.2) is 26.9 Å². The Bertz CT molecular complexity index is 350. The number of aryl methyl sites for hydroxylation is 1. The van der Waals surface area contributed by atoms with Crippen LogP contribution in [0.5, 0.6) is 5.75 Å². The van der Waals surface area contributed by atoms with Gasteiger partial charge in [-0.3, -0.25) is 0 Å². The van der Waals surface area contributed by atoms with E-state index in [9.17, 15) is 0 Å². The van der Waals surface area contributed by atoms with Crippen molar-refractivity contribution in [2.45, 2.75) is 32.9 Å². The summed E-state index contributed by atoms with van der Waals surface area (Å²) in [4.78, 5) is 0. The molecule has 1 N–H and O–H groups in total. The maximum Gasteiger partial charge on any atom is 0.122 e. The Morgan fingerprint density at radius 3 is 2.47 bits per heavy atom. The van der Waals surface area contributed by atoms with Crippen molar-refractivity contribution in [1.29, 1.82) is 0 Å². The number of hydrogen-bond donors (Lipinski definition) is 1. The summed E-state index contributed by atoms with van der Waals surface area (Å²) >= 11 is 0. The topological polar surface area (TPSA) is 30.5 Å². The third kappa shape index (κ3) is 4.02. The number of nitrogens with one attached hydrogen (secondary N) is 1. The molecular formula is C14H23NO2. The fourth-order valence-electron chi connectivity index (χ4n) is 1.79. The zero-order chi connectivity index (χ0) is 12.8. The third-order valence-electron chi connectivity index (χ3n) is 2.65. The predicted octanol–water partition coefficient (Wildman–Crippen LogP) is 2.69. The van der Waals surface area contributed by atoms with Gasteiger partial charge in [0.25, 0.3) is 0 Å². The Labute approximate surface area is 104 Å². The highest BCUT2D eigenvalue weighted by Crippen LogP contribution is 2.23. The quantitative estimate of drug-likeness (QED) is 0.825. The summed E-state index contributed by atoms with van der Waals surface area (Å²) in [5.41, 5.74) is 2.38. The molecule has 0 spiro atoms. The molecule has 1 unspecified atom stereocenters. The molecule has 0 aliphatic carbocycles. The van der Waals surface area contributed by atoms with Crippen LogP contribution in [0, 0.1) is 6.92 Å². The predicted molar refractivity (Wildman–Crippen MR) is 70.6 cm³/mol. The molecule has 0 amide bonds. The molecule has 0 saturated heterocycles. The van der Waals surface area contributed by atoms with Crippen LogP contribution in [0.2, 0.25) is 0 Å². The number of rotatable bonds is 6. The zero-order valence-electron chi connectivity index (χ0n) is 11.4. The highest BCUT2D eigenvalue weighted by molar-refractivity contribution is 5.37. The van der Waals surface area contributed by atoms with Crippen molar-refractivity contribution in [3.8, 4) is 5.75 Å². The van der Waals surface area contributed by atoms with Crippen molar-refractivity contribution in [2.24, 2.45) is 0 Å². The van der Waals surface area contributed by atoms with E-state index in [1.807, 2.05) is 27.0 Å². The normalized spacial score (nSPS) is 12.8. The first kappa shape index (κ1) is 14.0. The standard InChI is InChI=1S/C14H23NO2/c1-10(2)17-14-7-6-12(8-11(14)3)13(15-4)9-16-5/h6-8,10,13,15H,9H2,1-5H3. The average molecular weight is 237 g/mol. The Balaban J connectivity index is 2.86. The fourth-order valence-corrected chi connectivity index (χ4v) is 1.79. The smallest absolute Gasteiger partial charge is 0.122 e. The maximum absolute atomic E-state index is 5.72. The molecule has 0 saturated carbocycles. The molecule has 0 radical (unpaired) electrons. The lowest BCUT2D eigenvalue weighted by molar-refractivity contribution is 0.170. The lowest BCUT2D eigenvalue weighted by Crippen LogP contribution is -2.21. The second-order valence-corrected chi connectivity index (χ2v) is 4.49. The van der Waals surface area contributed by atoms with E-state index in [0.717, 1.165) is 11.3 Å². The summed E-state index contributed by atoms with van der Waals surface area (Å²) in [6.45, 7) is 6.81. The van der Waals surface area contributed by atoms with Gasteiger partial charge in [0.2, 0.25) is 0 Å². The van der Waals surface area contributed by atoms with E-state index < -0.39 is 0 Å². The van der Waals surface area contributed by atoms with E-state index in [1.165, 1.54) is 5.56 Å². The molecule has 96 valence electrons. The summed E-state index contributed by atoms with van der Waals surface area (Å²) in [6.07, 6.45) is 0.207. The van der Waals surface area contributed by atoms with Crippen molar-refractivity contribution in [1.82, 2.24) is 5.32 Å². The molecule has 0 aliphatic heterocycles. The van der Waals surface area contributed by atoms with Crippen LogP contribution in [0.1, 0.15) is 31.0 Å². The zero-order valence-corrected chi connectivity index (χ0v) is 11.4. The highest BCUT2D eigenvalue weighted by atomic mass is 16.5. The molecule has 0 fully saturated rings. The first-order valence-electron chi connectivity index (χ1n) is 6.02. The minimum Gasteiger partial charge on any atom is -0.491 e. The summed E-state index contributed by atoms with van der Waals surface area (Å²) in [7, 11) is 3.66. The van der Waals surface area contributed by atoms with E-state index >= 15 is 0 Å². The van der Waals surface area contributed by atoms with Crippen LogP contribution in [0.3, 0.4) is 0 Å². The molecular weight excluding hydrogens is 214 g/mol. The van der Waals surface area contributed by atoms with Gasteiger partial charge < -0.3 is 14.8 Å². The molecule has 0 heterocycles.